The van der Waals surface area contributed by atoms with Gasteiger partial charge in [-0.1, -0.05) is 48.5 Å². The van der Waals surface area contributed by atoms with E-state index in [1.807, 2.05) is 30.3 Å². The average molecular weight is 358 g/mol. The van der Waals surface area contributed by atoms with Crippen LogP contribution in [-0.2, 0) is 21.4 Å². The second-order valence-corrected chi connectivity index (χ2v) is 8.16. The highest BCUT2D eigenvalue weighted by Crippen LogP contribution is 2.23. The van der Waals surface area contributed by atoms with E-state index in [9.17, 15) is 13.2 Å². The van der Waals surface area contributed by atoms with Crippen molar-refractivity contribution in [3.8, 4) is 0 Å². The molecule has 0 saturated carbocycles. The van der Waals surface area contributed by atoms with E-state index in [0.29, 0.717) is 25.9 Å². The Balaban J connectivity index is 1.64. The smallest absolute Gasteiger partial charge is 0.243 e. The van der Waals surface area contributed by atoms with Crippen molar-refractivity contribution in [3.63, 3.8) is 0 Å². The van der Waals surface area contributed by atoms with Gasteiger partial charge in [0, 0.05) is 19.6 Å². The van der Waals surface area contributed by atoms with Crippen LogP contribution in [0.3, 0.4) is 0 Å². The Morgan fingerprint density at radius 2 is 1.68 bits per heavy atom. The number of hydrogen-bond acceptors (Lipinski definition) is 3. The van der Waals surface area contributed by atoms with Crippen LogP contribution in [0.2, 0.25) is 0 Å². The zero-order valence-corrected chi connectivity index (χ0v) is 14.8. The highest BCUT2D eigenvalue weighted by molar-refractivity contribution is 7.89. The van der Waals surface area contributed by atoms with Crippen molar-refractivity contribution in [1.29, 1.82) is 0 Å². The molecule has 3 rings (SSSR count). The molecule has 0 aromatic heterocycles. The van der Waals surface area contributed by atoms with E-state index in [2.05, 4.69) is 5.32 Å². The van der Waals surface area contributed by atoms with Crippen LogP contribution in [0.15, 0.2) is 65.6 Å². The Labute approximate surface area is 148 Å². The van der Waals surface area contributed by atoms with E-state index in [-0.39, 0.29) is 23.3 Å². The van der Waals surface area contributed by atoms with Crippen molar-refractivity contribution in [1.82, 2.24) is 9.62 Å². The Morgan fingerprint density at radius 3 is 2.36 bits per heavy atom. The molecule has 6 heteroatoms. The first-order chi connectivity index (χ1) is 12.1. The van der Waals surface area contributed by atoms with E-state index < -0.39 is 10.0 Å². The summed E-state index contributed by atoms with van der Waals surface area (Å²) in [4.78, 5) is 12.7. The lowest BCUT2D eigenvalue weighted by molar-refractivity contribution is -0.126. The molecule has 0 spiro atoms. The maximum Gasteiger partial charge on any atom is 0.243 e. The number of piperidine rings is 1. The van der Waals surface area contributed by atoms with Gasteiger partial charge in [0.05, 0.1) is 10.8 Å². The van der Waals surface area contributed by atoms with Crippen molar-refractivity contribution in [3.05, 3.63) is 66.2 Å². The molecule has 1 aliphatic rings. The van der Waals surface area contributed by atoms with E-state index in [1.165, 1.54) is 4.31 Å². The highest BCUT2D eigenvalue weighted by atomic mass is 32.2. The predicted molar refractivity (Wildman–Crippen MR) is 96.2 cm³/mol. The van der Waals surface area contributed by atoms with Crippen molar-refractivity contribution < 1.29 is 13.2 Å². The van der Waals surface area contributed by atoms with Gasteiger partial charge in [-0.25, -0.2) is 8.42 Å². The summed E-state index contributed by atoms with van der Waals surface area (Å²) < 4.78 is 26.9. The molecule has 1 atom stereocenters. The van der Waals surface area contributed by atoms with Crippen LogP contribution in [0.4, 0.5) is 0 Å². The molecule has 0 bridgehead atoms. The summed E-state index contributed by atoms with van der Waals surface area (Å²) in [5, 5.41) is 2.92. The molecule has 132 valence electrons. The first kappa shape index (κ1) is 17.6. The van der Waals surface area contributed by atoms with Gasteiger partial charge >= 0.3 is 0 Å². The maximum atomic E-state index is 12.7. The van der Waals surface area contributed by atoms with Crippen molar-refractivity contribution in [2.24, 2.45) is 5.92 Å². The minimum absolute atomic E-state index is 0.0863. The lowest BCUT2D eigenvalue weighted by Crippen LogP contribution is -2.45. The second kappa shape index (κ2) is 7.80. The molecule has 1 aliphatic heterocycles. The van der Waals surface area contributed by atoms with Crippen molar-refractivity contribution in [2.45, 2.75) is 24.3 Å². The molecule has 1 N–H and O–H groups in total. The zero-order chi connectivity index (χ0) is 17.7. The van der Waals surface area contributed by atoms with Crippen LogP contribution in [0, 0.1) is 5.92 Å². The van der Waals surface area contributed by atoms with E-state index in [4.69, 9.17) is 0 Å². The summed E-state index contributed by atoms with van der Waals surface area (Å²) in [6, 6.07) is 18.1. The van der Waals surface area contributed by atoms with Crippen LogP contribution in [-0.4, -0.2) is 31.7 Å². The molecule has 0 unspecified atom stereocenters. The van der Waals surface area contributed by atoms with Crippen molar-refractivity contribution >= 4 is 15.9 Å². The number of amides is 1. The SMILES string of the molecule is O=C(NCc1ccccc1)[C@H]1CCCN(S(=O)(=O)c2ccccc2)C1. The van der Waals surface area contributed by atoms with Gasteiger partial charge in [-0.05, 0) is 30.5 Å². The molecule has 2 aromatic carbocycles. The van der Waals surface area contributed by atoms with Gasteiger partial charge in [-0.15, -0.1) is 0 Å². The van der Waals surface area contributed by atoms with Gasteiger partial charge in [0.1, 0.15) is 0 Å². The van der Waals surface area contributed by atoms with Crippen LogP contribution >= 0.6 is 0 Å². The fraction of sp³-hybridized carbons (Fsp3) is 0.316. The molecule has 1 saturated heterocycles. The second-order valence-electron chi connectivity index (χ2n) is 6.22. The van der Waals surface area contributed by atoms with Crippen LogP contribution in [0.25, 0.3) is 0 Å². The molecule has 0 radical (unpaired) electrons. The molecular formula is C19H22N2O3S. The quantitative estimate of drug-likeness (QED) is 0.892. The summed E-state index contributed by atoms with van der Waals surface area (Å²) in [6.45, 7) is 1.15. The Hall–Kier alpha value is -2.18. The number of hydrogen-bond donors (Lipinski definition) is 1. The number of nitrogens with one attached hydrogen (secondary N) is 1. The maximum absolute atomic E-state index is 12.7. The molecule has 0 aliphatic carbocycles. The topological polar surface area (TPSA) is 66.5 Å². The van der Waals surface area contributed by atoms with E-state index >= 15 is 0 Å². The minimum Gasteiger partial charge on any atom is -0.352 e. The van der Waals surface area contributed by atoms with E-state index in [0.717, 1.165) is 5.56 Å². The van der Waals surface area contributed by atoms with Crippen LogP contribution in [0.5, 0.6) is 0 Å². The Morgan fingerprint density at radius 1 is 1.04 bits per heavy atom. The van der Waals surface area contributed by atoms with Gasteiger partial charge < -0.3 is 5.32 Å². The molecule has 1 fully saturated rings. The van der Waals surface area contributed by atoms with Gasteiger partial charge in [-0.2, -0.15) is 4.31 Å². The average Bonchev–Trinajstić information content (AvgIpc) is 2.67. The third-order valence-electron chi connectivity index (χ3n) is 4.45. The van der Waals surface area contributed by atoms with Crippen LogP contribution in [0.1, 0.15) is 18.4 Å². The predicted octanol–water partition coefficient (Wildman–Crippen LogP) is 2.40. The van der Waals surface area contributed by atoms with Gasteiger partial charge in [0.15, 0.2) is 0 Å². The highest BCUT2D eigenvalue weighted by Gasteiger charge is 2.33. The summed E-state index contributed by atoms with van der Waals surface area (Å²) in [6.07, 6.45) is 1.40. The summed E-state index contributed by atoms with van der Waals surface area (Å²) >= 11 is 0. The minimum atomic E-state index is -3.54. The monoisotopic (exact) mass is 358 g/mol. The summed E-state index contributed by atoms with van der Waals surface area (Å²) in [5.41, 5.74) is 1.03. The summed E-state index contributed by atoms with van der Waals surface area (Å²) in [7, 11) is -3.54. The third-order valence-corrected chi connectivity index (χ3v) is 6.32. The lowest BCUT2D eigenvalue weighted by Gasteiger charge is -2.31. The fourth-order valence-corrected chi connectivity index (χ4v) is 4.59. The lowest BCUT2D eigenvalue weighted by atomic mass is 9.99. The number of nitrogens with zero attached hydrogens (tertiary/aromatic N) is 1. The molecule has 1 amide bonds. The fourth-order valence-electron chi connectivity index (χ4n) is 3.05. The van der Waals surface area contributed by atoms with E-state index in [1.54, 1.807) is 30.3 Å². The van der Waals surface area contributed by atoms with Gasteiger partial charge in [0.2, 0.25) is 15.9 Å². The zero-order valence-electron chi connectivity index (χ0n) is 14.0. The van der Waals surface area contributed by atoms with Crippen LogP contribution < -0.4 is 5.32 Å². The number of benzene rings is 2. The molecule has 2 aromatic rings. The van der Waals surface area contributed by atoms with Crippen molar-refractivity contribution in [2.75, 3.05) is 13.1 Å². The number of carbonyl (C=O) groups is 1. The molecule has 25 heavy (non-hydrogen) atoms. The third kappa shape index (κ3) is 4.27. The largest absolute Gasteiger partial charge is 0.352 e. The molecule has 1 heterocycles. The number of carbonyl (C=O) groups excluding carboxylic acids is 1. The molecular weight excluding hydrogens is 336 g/mol. The Kier molecular flexibility index (Phi) is 5.50. The van der Waals surface area contributed by atoms with Gasteiger partial charge in [0.25, 0.3) is 0 Å². The molecule has 5 nitrogen and oxygen atoms in total. The normalized spacial score (nSPS) is 18.6. The standard InChI is InChI=1S/C19H22N2O3S/c22-19(20-14-16-8-3-1-4-9-16)17-10-7-13-21(15-17)25(23,24)18-11-5-2-6-12-18/h1-6,8-9,11-12,17H,7,10,13-15H2,(H,20,22)/t17-/m0/s1. The number of sulfonamides is 1. The Bertz CT molecular complexity index is 807. The first-order valence-corrected chi connectivity index (χ1v) is 9.88. The number of rotatable bonds is 5. The first-order valence-electron chi connectivity index (χ1n) is 8.44. The van der Waals surface area contributed by atoms with Gasteiger partial charge in [-0.3, -0.25) is 4.79 Å². The summed E-state index contributed by atoms with van der Waals surface area (Å²) in [5.74, 6) is -0.396.